The van der Waals surface area contributed by atoms with Gasteiger partial charge in [0, 0.05) is 24.1 Å². The second-order valence-electron chi connectivity index (χ2n) is 10.2. The number of carbonyl (C=O) groups excluding carboxylic acids is 1. The standard InChI is InChI=1S/C28H32FN3O4/c1-16-7-9-18(13-22(16)29)14-25-30-26-21-10-8-17(2)31(28(35)36-3)23(21)11-12-24(26)32(25)20-6-4-5-19(15-20)27(33)34/h7,9,11-13,17,19-20H,4-6,8,10,14-15H2,1-3H3,(H,33,34)/t17?,19-,20-/m1/s1. The summed E-state index contributed by atoms with van der Waals surface area (Å²) in [5.41, 5.74) is 4.98. The third kappa shape index (κ3) is 4.22. The van der Waals surface area contributed by atoms with Gasteiger partial charge in [-0.05, 0) is 75.3 Å². The zero-order valence-electron chi connectivity index (χ0n) is 21.0. The minimum atomic E-state index is -0.758. The number of rotatable bonds is 4. The number of halogens is 1. The number of carboxylic acid groups (broad SMARTS) is 1. The largest absolute Gasteiger partial charge is 0.481 e. The molecule has 0 bridgehead atoms. The topological polar surface area (TPSA) is 84.7 Å². The number of aromatic nitrogens is 2. The van der Waals surface area contributed by atoms with Crippen LogP contribution in [0.25, 0.3) is 11.0 Å². The minimum Gasteiger partial charge on any atom is -0.481 e. The monoisotopic (exact) mass is 493 g/mol. The van der Waals surface area contributed by atoms with Crippen molar-refractivity contribution in [2.45, 2.75) is 70.9 Å². The Morgan fingerprint density at radius 3 is 2.72 bits per heavy atom. The van der Waals surface area contributed by atoms with Crippen LogP contribution >= 0.6 is 0 Å². The molecule has 1 aliphatic heterocycles. The number of carbonyl (C=O) groups is 2. The fourth-order valence-electron chi connectivity index (χ4n) is 5.91. The minimum absolute atomic E-state index is 0.00702. The van der Waals surface area contributed by atoms with Crippen molar-refractivity contribution in [1.29, 1.82) is 0 Å². The number of amides is 1. The van der Waals surface area contributed by atoms with Crippen LogP contribution in [0, 0.1) is 18.7 Å². The van der Waals surface area contributed by atoms with Crippen molar-refractivity contribution in [3.8, 4) is 0 Å². The highest BCUT2D eigenvalue weighted by Crippen LogP contribution is 2.41. The number of hydrogen-bond acceptors (Lipinski definition) is 4. The Morgan fingerprint density at radius 1 is 1.19 bits per heavy atom. The maximum Gasteiger partial charge on any atom is 0.414 e. The van der Waals surface area contributed by atoms with E-state index in [2.05, 4.69) is 4.57 Å². The normalized spacial score (nSPS) is 21.9. The van der Waals surface area contributed by atoms with E-state index in [9.17, 15) is 19.1 Å². The molecule has 1 aromatic heterocycles. The molecule has 0 saturated heterocycles. The number of methoxy groups -OCH3 is 1. The lowest BCUT2D eigenvalue weighted by Crippen LogP contribution is -2.42. The molecule has 1 N–H and O–H groups in total. The average Bonchev–Trinajstić information content (AvgIpc) is 3.23. The number of aryl methyl sites for hydroxylation is 2. The molecule has 3 atom stereocenters. The second kappa shape index (κ2) is 9.56. The van der Waals surface area contributed by atoms with Gasteiger partial charge >= 0.3 is 12.1 Å². The van der Waals surface area contributed by atoms with Crippen molar-refractivity contribution in [2.24, 2.45) is 5.92 Å². The maximum absolute atomic E-state index is 14.4. The Kier molecular flexibility index (Phi) is 6.45. The predicted molar refractivity (Wildman–Crippen MR) is 135 cm³/mol. The van der Waals surface area contributed by atoms with Crippen LogP contribution in [0.3, 0.4) is 0 Å². The van der Waals surface area contributed by atoms with E-state index in [1.54, 1.807) is 24.0 Å². The third-order valence-corrected chi connectivity index (χ3v) is 7.86. The maximum atomic E-state index is 14.4. The molecule has 1 amide bonds. The highest BCUT2D eigenvalue weighted by Gasteiger charge is 2.34. The molecule has 1 fully saturated rings. The summed E-state index contributed by atoms with van der Waals surface area (Å²) in [7, 11) is 1.39. The van der Waals surface area contributed by atoms with Crippen molar-refractivity contribution >= 4 is 28.8 Å². The molecule has 2 aromatic carbocycles. The first-order valence-electron chi connectivity index (χ1n) is 12.7. The van der Waals surface area contributed by atoms with Gasteiger partial charge in [0.15, 0.2) is 0 Å². The van der Waals surface area contributed by atoms with E-state index in [1.807, 2.05) is 25.1 Å². The molecule has 8 heteroatoms. The molecule has 2 heterocycles. The van der Waals surface area contributed by atoms with Gasteiger partial charge in [0.1, 0.15) is 11.6 Å². The summed E-state index contributed by atoms with van der Waals surface area (Å²) in [6, 6.07) is 9.18. The molecule has 7 nitrogen and oxygen atoms in total. The van der Waals surface area contributed by atoms with E-state index in [4.69, 9.17) is 9.72 Å². The zero-order chi connectivity index (χ0) is 25.6. The first-order chi connectivity index (χ1) is 17.3. The molecule has 190 valence electrons. The summed E-state index contributed by atoms with van der Waals surface area (Å²) in [4.78, 5) is 31.2. The summed E-state index contributed by atoms with van der Waals surface area (Å²) in [6.45, 7) is 3.75. The van der Waals surface area contributed by atoms with Crippen molar-refractivity contribution in [2.75, 3.05) is 12.0 Å². The molecule has 1 unspecified atom stereocenters. The fourth-order valence-corrected chi connectivity index (χ4v) is 5.91. The number of carboxylic acids is 1. The van der Waals surface area contributed by atoms with Crippen LogP contribution in [0.1, 0.15) is 67.6 Å². The van der Waals surface area contributed by atoms with Crippen molar-refractivity contribution in [3.63, 3.8) is 0 Å². The molecule has 5 rings (SSSR count). The Labute approximate surface area is 209 Å². The number of hydrogen-bond donors (Lipinski definition) is 1. The van der Waals surface area contributed by atoms with Gasteiger partial charge in [0.2, 0.25) is 0 Å². The number of aliphatic carboxylic acids is 1. The quantitative estimate of drug-likeness (QED) is 0.497. The Bertz CT molecular complexity index is 1330. The lowest BCUT2D eigenvalue weighted by Gasteiger charge is -2.34. The van der Waals surface area contributed by atoms with Crippen LogP contribution in [0.4, 0.5) is 14.9 Å². The Balaban J connectivity index is 1.65. The predicted octanol–water partition coefficient (Wildman–Crippen LogP) is 5.80. The summed E-state index contributed by atoms with van der Waals surface area (Å²) in [5.74, 6) is -0.606. The Hall–Kier alpha value is -3.42. The highest BCUT2D eigenvalue weighted by molar-refractivity contribution is 5.95. The molecule has 0 spiro atoms. The van der Waals surface area contributed by atoms with Crippen LogP contribution in [-0.4, -0.2) is 39.9 Å². The van der Waals surface area contributed by atoms with Crippen LogP contribution in [0.5, 0.6) is 0 Å². The zero-order valence-corrected chi connectivity index (χ0v) is 21.0. The van der Waals surface area contributed by atoms with E-state index in [1.165, 1.54) is 7.11 Å². The molecule has 36 heavy (non-hydrogen) atoms. The van der Waals surface area contributed by atoms with E-state index in [-0.39, 0.29) is 23.8 Å². The Morgan fingerprint density at radius 2 is 2.00 bits per heavy atom. The van der Waals surface area contributed by atoms with Gasteiger partial charge in [-0.1, -0.05) is 18.6 Å². The summed E-state index contributed by atoms with van der Waals surface area (Å²) < 4.78 is 21.6. The van der Waals surface area contributed by atoms with Crippen LogP contribution in [-0.2, 0) is 22.4 Å². The molecule has 2 aliphatic rings. The van der Waals surface area contributed by atoms with E-state index >= 15 is 0 Å². The average molecular weight is 494 g/mol. The number of nitrogens with zero attached hydrogens (tertiary/aromatic N) is 3. The van der Waals surface area contributed by atoms with Crippen LogP contribution in [0.15, 0.2) is 30.3 Å². The van der Waals surface area contributed by atoms with E-state index in [0.717, 1.165) is 59.4 Å². The van der Waals surface area contributed by atoms with E-state index in [0.29, 0.717) is 24.8 Å². The lowest BCUT2D eigenvalue weighted by molar-refractivity contribution is -0.143. The first kappa shape index (κ1) is 24.3. The number of imidazole rings is 1. The van der Waals surface area contributed by atoms with Crippen molar-refractivity contribution in [1.82, 2.24) is 9.55 Å². The smallest absolute Gasteiger partial charge is 0.414 e. The lowest BCUT2D eigenvalue weighted by atomic mass is 9.85. The number of anilines is 1. The van der Waals surface area contributed by atoms with Crippen LogP contribution < -0.4 is 4.90 Å². The fraction of sp³-hybridized carbons (Fsp3) is 0.464. The van der Waals surface area contributed by atoms with E-state index < -0.39 is 12.1 Å². The number of benzene rings is 2. The highest BCUT2D eigenvalue weighted by atomic mass is 19.1. The van der Waals surface area contributed by atoms with Crippen molar-refractivity contribution in [3.05, 3.63) is 58.7 Å². The first-order valence-corrected chi connectivity index (χ1v) is 12.7. The van der Waals surface area contributed by atoms with Gasteiger partial charge in [-0.25, -0.2) is 14.2 Å². The summed E-state index contributed by atoms with van der Waals surface area (Å²) >= 11 is 0. The summed E-state index contributed by atoms with van der Waals surface area (Å²) in [6.07, 6.45) is 4.53. The van der Waals surface area contributed by atoms with Crippen molar-refractivity contribution < 1.29 is 23.8 Å². The molecule has 1 aliphatic carbocycles. The molecule has 1 saturated carbocycles. The van der Waals surface area contributed by atoms with Crippen LogP contribution in [0.2, 0.25) is 0 Å². The summed E-state index contributed by atoms with van der Waals surface area (Å²) in [5, 5.41) is 9.70. The third-order valence-electron chi connectivity index (χ3n) is 7.86. The van der Waals surface area contributed by atoms with Gasteiger partial charge in [-0.15, -0.1) is 0 Å². The van der Waals surface area contributed by atoms with Gasteiger partial charge in [0.05, 0.1) is 29.7 Å². The molecule has 3 aromatic rings. The van der Waals surface area contributed by atoms with Gasteiger partial charge < -0.3 is 14.4 Å². The molecular weight excluding hydrogens is 461 g/mol. The second-order valence-corrected chi connectivity index (χ2v) is 10.2. The van der Waals surface area contributed by atoms with Gasteiger partial charge in [-0.2, -0.15) is 0 Å². The van der Waals surface area contributed by atoms with Gasteiger partial charge in [-0.3, -0.25) is 9.69 Å². The molecule has 0 radical (unpaired) electrons. The number of ether oxygens (including phenoxy) is 1. The number of fused-ring (bicyclic) bond motifs is 3. The SMILES string of the molecule is COC(=O)N1c2ccc3c(nc(Cc4ccc(C)c(F)c4)n3[C@@H]3CCC[C@@H](C(=O)O)C3)c2CCC1C. The van der Waals surface area contributed by atoms with Gasteiger partial charge in [0.25, 0.3) is 0 Å². The molecular formula is C28H32FN3O4.